The quantitative estimate of drug-likeness (QED) is 0.738. The molecular weight excluding hydrogens is 256 g/mol. The summed E-state index contributed by atoms with van der Waals surface area (Å²) >= 11 is 0. The Balaban J connectivity index is 1.89. The molecule has 1 heterocycles. The second kappa shape index (κ2) is 5.05. The van der Waals surface area contributed by atoms with Crippen molar-refractivity contribution >= 4 is 16.6 Å². The molecule has 2 N–H and O–H groups in total. The van der Waals surface area contributed by atoms with Crippen molar-refractivity contribution in [1.29, 1.82) is 0 Å². The Hall–Kier alpha value is -2.82. The van der Waals surface area contributed by atoms with Crippen molar-refractivity contribution in [2.75, 3.05) is 5.73 Å². The summed E-state index contributed by atoms with van der Waals surface area (Å²) in [5.74, 6) is 0. The van der Waals surface area contributed by atoms with Crippen LogP contribution in [0.2, 0.25) is 0 Å². The van der Waals surface area contributed by atoms with Gasteiger partial charge in [-0.3, -0.25) is 0 Å². The number of aromatic nitrogens is 1. The van der Waals surface area contributed by atoms with Crippen LogP contribution in [0, 0.1) is 0 Å². The Kier molecular flexibility index (Phi) is 3.09. The number of nitrogen functional groups attached to an aromatic ring is 1. The van der Waals surface area contributed by atoms with Crippen LogP contribution < -0.4 is 16.1 Å². The predicted molar refractivity (Wildman–Crippen MR) is 75.5 cm³/mol. The van der Waals surface area contributed by atoms with Crippen molar-refractivity contribution in [2.24, 2.45) is 0 Å². The normalized spacial score (nSPS) is 10.6. The average molecular weight is 268 g/mol. The van der Waals surface area contributed by atoms with Crippen LogP contribution in [0.5, 0.6) is 6.08 Å². The maximum Gasteiger partial charge on any atom is 0.397 e. The Morgan fingerprint density at radius 3 is 2.75 bits per heavy atom. The van der Waals surface area contributed by atoms with Crippen molar-refractivity contribution in [3.8, 4) is 6.08 Å². The van der Waals surface area contributed by atoms with Gasteiger partial charge < -0.3 is 14.9 Å². The Morgan fingerprint density at radius 1 is 1.15 bits per heavy atom. The van der Waals surface area contributed by atoms with E-state index in [0.717, 1.165) is 5.56 Å². The van der Waals surface area contributed by atoms with E-state index in [1.54, 1.807) is 12.1 Å². The highest BCUT2D eigenvalue weighted by Gasteiger charge is 2.07. The van der Waals surface area contributed by atoms with E-state index in [2.05, 4.69) is 4.98 Å². The van der Waals surface area contributed by atoms with Crippen molar-refractivity contribution in [3.63, 3.8) is 0 Å². The number of hydrogen-bond donors (Lipinski definition) is 1. The van der Waals surface area contributed by atoms with Gasteiger partial charge in [0.1, 0.15) is 6.61 Å². The fraction of sp³-hybridized carbons (Fsp3) is 0.0667. The van der Waals surface area contributed by atoms with E-state index in [1.807, 2.05) is 30.3 Å². The molecule has 0 spiro atoms. The zero-order valence-electron chi connectivity index (χ0n) is 10.6. The summed E-state index contributed by atoms with van der Waals surface area (Å²) in [6.45, 7) is 0.289. The van der Waals surface area contributed by atoms with E-state index >= 15 is 0 Å². The van der Waals surface area contributed by atoms with Gasteiger partial charge in [0, 0.05) is 5.69 Å². The maximum atomic E-state index is 11.8. The minimum atomic E-state index is -0.509. The molecule has 0 atom stereocenters. The van der Waals surface area contributed by atoms with Crippen LogP contribution in [-0.2, 0) is 6.61 Å². The molecule has 3 aromatic rings. The monoisotopic (exact) mass is 268 g/mol. The van der Waals surface area contributed by atoms with Crippen LogP contribution in [0.15, 0.2) is 57.7 Å². The molecule has 0 amide bonds. The first-order valence-corrected chi connectivity index (χ1v) is 6.09. The van der Waals surface area contributed by atoms with Gasteiger partial charge in [0.15, 0.2) is 0 Å². The van der Waals surface area contributed by atoms with Crippen molar-refractivity contribution in [2.45, 2.75) is 6.61 Å². The summed E-state index contributed by atoms with van der Waals surface area (Å²) in [4.78, 5) is 16.0. The summed E-state index contributed by atoms with van der Waals surface area (Å²) in [6, 6.07) is 14.4. The SMILES string of the molecule is Nc1ccc2nc(OCc3ccccc3)oc(=O)c2c1. The van der Waals surface area contributed by atoms with Gasteiger partial charge in [0.2, 0.25) is 0 Å². The van der Waals surface area contributed by atoms with Gasteiger partial charge in [-0.15, -0.1) is 0 Å². The lowest BCUT2D eigenvalue weighted by Gasteiger charge is -2.04. The minimum Gasteiger partial charge on any atom is -0.445 e. The van der Waals surface area contributed by atoms with Crippen molar-refractivity contribution in [1.82, 2.24) is 4.98 Å². The highest BCUT2D eigenvalue weighted by atomic mass is 16.6. The number of anilines is 1. The molecule has 100 valence electrons. The molecule has 20 heavy (non-hydrogen) atoms. The Bertz CT molecular complexity index is 797. The average Bonchev–Trinajstić information content (AvgIpc) is 2.47. The van der Waals surface area contributed by atoms with Gasteiger partial charge in [0.05, 0.1) is 10.9 Å². The summed E-state index contributed by atoms with van der Waals surface area (Å²) < 4.78 is 10.4. The second-order valence-corrected chi connectivity index (χ2v) is 4.32. The topological polar surface area (TPSA) is 78.3 Å². The molecule has 0 aliphatic heterocycles. The lowest BCUT2D eigenvalue weighted by molar-refractivity contribution is 0.207. The molecule has 0 radical (unpaired) electrons. The van der Waals surface area contributed by atoms with Crippen LogP contribution >= 0.6 is 0 Å². The number of rotatable bonds is 3. The van der Waals surface area contributed by atoms with Crippen molar-refractivity contribution in [3.05, 3.63) is 64.5 Å². The van der Waals surface area contributed by atoms with Gasteiger partial charge in [-0.25, -0.2) is 4.79 Å². The largest absolute Gasteiger partial charge is 0.445 e. The van der Waals surface area contributed by atoms with Crippen LogP contribution in [0.4, 0.5) is 5.69 Å². The Morgan fingerprint density at radius 2 is 1.95 bits per heavy atom. The highest BCUT2D eigenvalue weighted by molar-refractivity contribution is 5.80. The Labute approximate surface area is 114 Å². The maximum absolute atomic E-state index is 11.8. The molecule has 5 heteroatoms. The lowest BCUT2D eigenvalue weighted by Crippen LogP contribution is -2.05. The van der Waals surface area contributed by atoms with Crippen LogP contribution in [0.25, 0.3) is 10.9 Å². The van der Waals surface area contributed by atoms with Gasteiger partial charge >= 0.3 is 11.7 Å². The first-order valence-electron chi connectivity index (χ1n) is 6.09. The van der Waals surface area contributed by atoms with Crippen molar-refractivity contribution < 1.29 is 9.15 Å². The number of nitrogens with zero attached hydrogens (tertiary/aromatic N) is 1. The molecule has 5 nitrogen and oxygen atoms in total. The zero-order valence-corrected chi connectivity index (χ0v) is 10.6. The summed E-state index contributed by atoms with van der Waals surface area (Å²) in [5, 5.41) is 0.345. The highest BCUT2D eigenvalue weighted by Crippen LogP contribution is 2.16. The number of nitrogens with two attached hydrogens (primary N) is 1. The zero-order chi connectivity index (χ0) is 13.9. The van der Waals surface area contributed by atoms with E-state index in [4.69, 9.17) is 14.9 Å². The molecule has 1 aromatic heterocycles. The molecule has 2 aromatic carbocycles. The smallest absolute Gasteiger partial charge is 0.397 e. The molecule has 3 rings (SSSR count). The molecule has 0 fully saturated rings. The van der Waals surface area contributed by atoms with E-state index in [-0.39, 0.29) is 12.7 Å². The van der Waals surface area contributed by atoms with E-state index in [9.17, 15) is 4.79 Å². The molecule has 0 aliphatic rings. The number of hydrogen-bond acceptors (Lipinski definition) is 5. The lowest BCUT2D eigenvalue weighted by atomic mass is 10.2. The van der Waals surface area contributed by atoms with Gasteiger partial charge in [-0.1, -0.05) is 30.3 Å². The molecule has 0 saturated carbocycles. The van der Waals surface area contributed by atoms with Crippen LogP contribution in [0.3, 0.4) is 0 Å². The van der Waals surface area contributed by atoms with Crippen LogP contribution in [0.1, 0.15) is 5.56 Å². The first-order chi connectivity index (χ1) is 9.72. The second-order valence-electron chi connectivity index (χ2n) is 4.32. The summed E-state index contributed by atoms with van der Waals surface area (Å²) in [7, 11) is 0. The van der Waals surface area contributed by atoms with E-state index in [1.165, 1.54) is 6.07 Å². The molecule has 0 bridgehead atoms. The van der Waals surface area contributed by atoms with E-state index in [0.29, 0.717) is 16.6 Å². The fourth-order valence-electron chi connectivity index (χ4n) is 1.85. The predicted octanol–water partition coefficient (Wildman–Crippen LogP) is 2.35. The van der Waals surface area contributed by atoms with Crippen LogP contribution in [-0.4, -0.2) is 4.98 Å². The number of ether oxygens (including phenoxy) is 1. The van der Waals surface area contributed by atoms with Gasteiger partial charge in [-0.05, 0) is 23.8 Å². The third-order valence-electron chi connectivity index (χ3n) is 2.84. The standard InChI is InChI=1S/C15H12N2O3/c16-11-6-7-13-12(8-11)14(18)20-15(17-13)19-9-10-4-2-1-3-5-10/h1-8H,9,16H2. The third-order valence-corrected chi connectivity index (χ3v) is 2.84. The number of fused-ring (bicyclic) bond motifs is 1. The molecule has 0 aliphatic carbocycles. The minimum absolute atomic E-state index is 0.0453. The van der Waals surface area contributed by atoms with Gasteiger partial charge in [0.25, 0.3) is 0 Å². The third kappa shape index (κ3) is 2.47. The molecular formula is C15H12N2O3. The fourth-order valence-corrected chi connectivity index (χ4v) is 1.85. The summed E-state index contributed by atoms with van der Waals surface area (Å²) in [5.41, 5.74) is 7.07. The number of benzene rings is 2. The molecule has 0 saturated heterocycles. The molecule has 0 unspecified atom stereocenters. The van der Waals surface area contributed by atoms with Gasteiger partial charge in [-0.2, -0.15) is 4.98 Å². The summed E-state index contributed by atoms with van der Waals surface area (Å²) in [6.07, 6.45) is -0.0453. The first kappa shape index (κ1) is 12.2. The van der Waals surface area contributed by atoms with E-state index < -0.39 is 5.63 Å².